The van der Waals surface area contributed by atoms with Gasteiger partial charge in [0, 0.05) is 6.54 Å². The monoisotopic (exact) mass is 345 g/mol. The van der Waals surface area contributed by atoms with E-state index in [-0.39, 0.29) is 11.3 Å². The van der Waals surface area contributed by atoms with Crippen molar-refractivity contribution in [2.24, 2.45) is 0 Å². The number of aromatic nitrogens is 2. The molecule has 6 heteroatoms. The van der Waals surface area contributed by atoms with Gasteiger partial charge in [-0.2, -0.15) is 5.26 Å². The quantitative estimate of drug-likeness (QED) is 0.460. The minimum Gasteiger partial charge on any atom is -0.283 e. The molecule has 0 saturated heterocycles. The first kappa shape index (κ1) is 16.3. The molecule has 3 rings (SSSR count). The molecular weight excluding hydrogens is 326 g/mol. The third-order valence-corrected chi connectivity index (χ3v) is 6.04. The molecule has 1 fully saturated rings. The van der Waals surface area contributed by atoms with Crippen LogP contribution in [0.2, 0.25) is 0 Å². The van der Waals surface area contributed by atoms with E-state index >= 15 is 0 Å². The summed E-state index contributed by atoms with van der Waals surface area (Å²) in [6.07, 6.45) is 7.82. The van der Waals surface area contributed by atoms with Crippen LogP contribution >= 0.6 is 23.1 Å². The molecule has 0 aliphatic heterocycles. The van der Waals surface area contributed by atoms with Gasteiger partial charge >= 0.3 is 0 Å². The van der Waals surface area contributed by atoms with Crippen molar-refractivity contribution in [1.29, 1.82) is 5.26 Å². The zero-order valence-corrected chi connectivity index (χ0v) is 14.6. The second kappa shape index (κ2) is 7.33. The number of hydrogen-bond donors (Lipinski definition) is 0. The molecule has 1 aliphatic carbocycles. The molecule has 0 radical (unpaired) electrons. The molecule has 0 aromatic carbocycles. The van der Waals surface area contributed by atoms with Crippen LogP contribution < -0.4 is 5.56 Å². The number of thiophene rings is 1. The van der Waals surface area contributed by atoms with Crippen molar-refractivity contribution in [2.45, 2.75) is 49.7 Å². The topological polar surface area (TPSA) is 58.7 Å². The lowest BCUT2D eigenvalue weighted by Gasteiger charge is -2.21. The van der Waals surface area contributed by atoms with Crippen LogP contribution in [0.5, 0.6) is 0 Å². The zero-order chi connectivity index (χ0) is 16.2. The minimum atomic E-state index is 0.0113. The first-order valence-corrected chi connectivity index (χ1v) is 9.75. The Morgan fingerprint density at radius 3 is 2.96 bits per heavy atom. The molecule has 0 amide bonds. The lowest BCUT2D eigenvalue weighted by molar-refractivity contribution is 0.446. The Morgan fingerprint density at radius 1 is 1.48 bits per heavy atom. The number of allylic oxidation sites excluding steroid dienone is 1. The van der Waals surface area contributed by atoms with Crippen molar-refractivity contribution in [3.05, 3.63) is 34.0 Å². The molecule has 0 N–H and O–H groups in total. The number of fused-ring (bicyclic) bond motifs is 1. The Labute approximate surface area is 143 Å². The highest BCUT2D eigenvalue weighted by molar-refractivity contribution is 7.99. The van der Waals surface area contributed by atoms with E-state index in [1.807, 2.05) is 0 Å². The van der Waals surface area contributed by atoms with Gasteiger partial charge in [-0.1, -0.05) is 37.1 Å². The van der Waals surface area contributed by atoms with Gasteiger partial charge in [-0.25, -0.2) is 4.98 Å². The summed E-state index contributed by atoms with van der Waals surface area (Å²) < 4.78 is 1.65. The molecule has 2 aromatic heterocycles. The van der Waals surface area contributed by atoms with Gasteiger partial charge in [0.2, 0.25) is 0 Å². The summed E-state index contributed by atoms with van der Waals surface area (Å²) in [6, 6.07) is 2.10. The highest BCUT2D eigenvalue weighted by Gasteiger charge is 2.23. The maximum absolute atomic E-state index is 13.0. The van der Waals surface area contributed by atoms with Crippen molar-refractivity contribution < 1.29 is 0 Å². The van der Waals surface area contributed by atoms with E-state index in [4.69, 9.17) is 5.26 Å². The number of rotatable bonds is 5. The lowest BCUT2D eigenvalue weighted by Crippen LogP contribution is -2.23. The Hall–Kier alpha value is -1.58. The highest BCUT2D eigenvalue weighted by Crippen LogP contribution is 2.37. The largest absolute Gasteiger partial charge is 0.283 e. The van der Waals surface area contributed by atoms with E-state index < -0.39 is 0 Å². The maximum Gasteiger partial charge on any atom is 0.263 e. The van der Waals surface area contributed by atoms with Crippen molar-refractivity contribution in [2.75, 3.05) is 5.75 Å². The maximum atomic E-state index is 13.0. The van der Waals surface area contributed by atoms with Gasteiger partial charge < -0.3 is 0 Å². The van der Waals surface area contributed by atoms with Crippen LogP contribution in [0.25, 0.3) is 10.2 Å². The Morgan fingerprint density at radius 2 is 2.26 bits per heavy atom. The van der Waals surface area contributed by atoms with Crippen molar-refractivity contribution in [1.82, 2.24) is 9.55 Å². The average Bonchev–Trinajstić information content (AvgIpc) is 3.01. The number of hydrogen-bond acceptors (Lipinski definition) is 5. The Balaban J connectivity index is 2.12. The highest BCUT2D eigenvalue weighted by atomic mass is 32.2. The summed E-state index contributed by atoms with van der Waals surface area (Å²) in [5.74, 6) is 0.775. The minimum absolute atomic E-state index is 0.0113. The first-order valence-electron chi connectivity index (χ1n) is 7.88. The standard InChI is InChI=1S/C17H19N3OS2/c1-2-9-20-16(21)14-13(12-6-4-3-5-7-12)11-23-15(14)19-17(20)22-10-8-18/h2,11-12H,1,3-7,9-10H2. The lowest BCUT2D eigenvalue weighted by atomic mass is 9.84. The summed E-state index contributed by atoms with van der Waals surface area (Å²) in [4.78, 5) is 18.5. The summed E-state index contributed by atoms with van der Waals surface area (Å²) in [7, 11) is 0. The van der Waals surface area contributed by atoms with Gasteiger partial charge in [0.05, 0.1) is 17.2 Å². The molecule has 0 spiro atoms. The molecule has 4 nitrogen and oxygen atoms in total. The number of thioether (sulfide) groups is 1. The van der Waals surface area contributed by atoms with Gasteiger partial charge in [0.25, 0.3) is 5.56 Å². The first-order chi connectivity index (χ1) is 11.3. The fraction of sp³-hybridized carbons (Fsp3) is 0.471. The number of nitriles is 1. The average molecular weight is 345 g/mol. The molecule has 120 valence electrons. The van der Waals surface area contributed by atoms with Crippen LogP contribution in [0, 0.1) is 11.3 Å². The van der Waals surface area contributed by atoms with Gasteiger partial charge in [0.15, 0.2) is 5.16 Å². The van der Waals surface area contributed by atoms with Crippen LogP contribution in [-0.4, -0.2) is 15.3 Å². The zero-order valence-electron chi connectivity index (χ0n) is 13.0. The van der Waals surface area contributed by atoms with E-state index in [2.05, 4.69) is 23.0 Å². The van der Waals surface area contributed by atoms with E-state index in [0.29, 0.717) is 17.6 Å². The van der Waals surface area contributed by atoms with Crippen LogP contribution in [0.15, 0.2) is 28.0 Å². The van der Waals surface area contributed by atoms with E-state index in [1.54, 1.807) is 22.0 Å². The third kappa shape index (κ3) is 3.22. The van der Waals surface area contributed by atoms with Gasteiger partial charge in [0.1, 0.15) is 4.83 Å². The summed E-state index contributed by atoms with van der Waals surface area (Å²) in [5, 5.41) is 12.3. The third-order valence-electron chi connectivity index (χ3n) is 4.31. The molecule has 0 atom stereocenters. The fourth-order valence-corrected chi connectivity index (χ4v) is 4.97. The molecule has 2 heterocycles. The molecule has 23 heavy (non-hydrogen) atoms. The Kier molecular flexibility index (Phi) is 5.19. The molecular formula is C17H19N3OS2. The summed E-state index contributed by atoms with van der Waals surface area (Å²) in [5.41, 5.74) is 1.19. The van der Waals surface area contributed by atoms with Gasteiger partial charge in [-0.3, -0.25) is 9.36 Å². The molecule has 0 unspecified atom stereocenters. The van der Waals surface area contributed by atoms with Crippen LogP contribution in [-0.2, 0) is 6.54 Å². The summed E-state index contributed by atoms with van der Waals surface area (Å²) in [6.45, 7) is 4.17. The van der Waals surface area contributed by atoms with E-state index in [9.17, 15) is 4.79 Å². The Bertz CT molecular complexity index is 810. The van der Waals surface area contributed by atoms with E-state index in [1.165, 1.54) is 36.6 Å². The molecule has 1 aliphatic rings. The van der Waals surface area contributed by atoms with Crippen molar-refractivity contribution in [3.63, 3.8) is 0 Å². The predicted molar refractivity (Wildman–Crippen MR) is 96.2 cm³/mol. The molecule has 1 saturated carbocycles. The van der Waals surface area contributed by atoms with Gasteiger partial charge in [-0.05, 0) is 29.7 Å². The van der Waals surface area contributed by atoms with Crippen molar-refractivity contribution in [3.8, 4) is 6.07 Å². The van der Waals surface area contributed by atoms with E-state index in [0.717, 1.165) is 23.1 Å². The SMILES string of the molecule is C=CCn1c(SCC#N)nc2scc(C3CCCCC3)c2c1=O. The second-order valence-electron chi connectivity index (χ2n) is 5.75. The number of nitrogens with zero attached hydrogens (tertiary/aromatic N) is 3. The van der Waals surface area contributed by atoms with Crippen LogP contribution in [0.3, 0.4) is 0 Å². The smallest absolute Gasteiger partial charge is 0.263 e. The van der Waals surface area contributed by atoms with Gasteiger partial charge in [-0.15, -0.1) is 17.9 Å². The fourth-order valence-electron chi connectivity index (χ4n) is 3.24. The molecule has 0 bridgehead atoms. The van der Waals surface area contributed by atoms with Crippen molar-refractivity contribution >= 4 is 33.3 Å². The van der Waals surface area contributed by atoms with Crippen LogP contribution in [0.4, 0.5) is 0 Å². The molecule has 2 aromatic rings. The predicted octanol–water partition coefficient (Wildman–Crippen LogP) is 4.31. The summed E-state index contributed by atoms with van der Waals surface area (Å²) >= 11 is 2.86. The second-order valence-corrected chi connectivity index (χ2v) is 7.55. The van der Waals surface area contributed by atoms with Crippen LogP contribution in [0.1, 0.15) is 43.6 Å². The normalized spacial score (nSPS) is 15.6.